The van der Waals surface area contributed by atoms with E-state index in [0.29, 0.717) is 13.0 Å². The van der Waals surface area contributed by atoms with Gasteiger partial charge in [-0.15, -0.1) is 11.3 Å². The number of benzene rings is 1. The predicted octanol–water partition coefficient (Wildman–Crippen LogP) is 3.84. The van der Waals surface area contributed by atoms with Gasteiger partial charge in [-0.1, -0.05) is 6.92 Å². The largest absolute Gasteiger partial charge is 0.497 e. The number of carbonyl (C=O) groups excluding carboxylic acids is 1. The number of carbonyl (C=O) groups is 1. The van der Waals surface area contributed by atoms with Crippen LogP contribution in [0.2, 0.25) is 0 Å². The Labute approximate surface area is 198 Å². The number of fused-ring (bicyclic) bond motifs is 4. The van der Waals surface area contributed by atoms with E-state index < -0.39 is 0 Å². The molecular weight excluding hydrogens is 436 g/mol. The van der Waals surface area contributed by atoms with Gasteiger partial charge in [0.15, 0.2) is 0 Å². The van der Waals surface area contributed by atoms with E-state index in [1.165, 1.54) is 10.9 Å². The molecule has 1 amide bonds. The lowest BCUT2D eigenvalue weighted by atomic mass is 9.68. The van der Waals surface area contributed by atoms with Crippen molar-refractivity contribution in [2.24, 2.45) is 0 Å². The number of nitrogens with zero attached hydrogens (tertiary/aromatic N) is 3. The third-order valence-corrected chi connectivity index (χ3v) is 8.14. The summed E-state index contributed by atoms with van der Waals surface area (Å²) in [6.45, 7) is 5.20. The average Bonchev–Trinajstić information content (AvgIpc) is 3.47. The zero-order chi connectivity index (χ0) is 23.0. The van der Waals surface area contributed by atoms with Crippen molar-refractivity contribution in [2.75, 3.05) is 33.4 Å². The van der Waals surface area contributed by atoms with Crippen LogP contribution in [0.25, 0.3) is 10.9 Å². The first-order chi connectivity index (χ1) is 16.1. The van der Waals surface area contributed by atoms with Crippen LogP contribution in [0, 0.1) is 0 Å². The van der Waals surface area contributed by atoms with Crippen LogP contribution in [0.4, 0.5) is 0 Å². The number of aliphatic hydroxyl groups is 1. The first-order valence-electron chi connectivity index (χ1n) is 11.8. The van der Waals surface area contributed by atoms with Crippen molar-refractivity contribution in [1.29, 1.82) is 0 Å². The summed E-state index contributed by atoms with van der Waals surface area (Å²) in [7, 11) is 1.68. The van der Waals surface area contributed by atoms with E-state index in [1.54, 1.807) is 18.4 Å². The van der Waals surface area contributed by atoms with Gasteiger partial charge in [-0.2, -0.15) is 0 Å². The Balaban J connectivity index is 1.57. The van der Waals surface area contributed by atoms with Crippen molar-refractivity contribution in [1.82, 2.24) is 19.8 Å². The molecule has 1 atom stereocenters. The highest BCUT2D eigenvalue weighted by Gasteiger charge is 2.47. The van der Waals surface area contributed by atoms with E-state index in [2.05, 4.69) is 27.9 Å². The maximum atomic E-state index is 12.6. The first kappa shape index (κ1) is 22.4. The number of nitrogens with one attached hydrogen (secondary N) is 1. The van der Waals surface area contributed by atoms with Crippen molar-refractivity contribution in [3.8, 4) is 5.75 Å². The first-order valence-corrected chi connectivity index (χ1v) is 12.7. The molecule has 33 heavy (non-hydrogen) atoms. The van der Waals surface area contributed by atoms with E-state index in [9.17, 15) is 9.90 Å². The van der Waals surface area contributed by atoms with Gasteiger partial charge in [0, 0.05) is 65.7 Å². The number of methoxy groups -OCH3 is 1. The van der Waals surface area contributed by atoms with Crippen LogP contribution in [-0.4, -0.2) is 64.1 Å². The van der Waals surface area contributed by atoms with Crippen molar-refractivity contribution in [3.05, 3.63) is 46.0 Å². The molecule has 176 valence electrons. The molecule has 0 bridgehead atoms. The minimum Gasteiger partial charge on any atom is -0.497 e. The zero-order valence-electron chi connectivity index (χ0n) is 19.3. The van der Waals surface area contributed by atoms with Crippen molar-refractivity contribution in [3.63, 3.8) is 0 Å². The number of rotatable bonds is 6. The number of hydrogen-bond donors (Lipinski definition) is 2. The summed E-state index contributed by atoms with van der Waals surface area (Å²) in [5, 5.41) is 14.7. The quantitative estimate of drug-likeness (QED) is 0.574. The lowest BCUT2D eigenvalue weighted by molar-refractivity contribution is -0.133. The molecule has 0 aliphatic carbocycles. The number of likely N-dealkylation sites (tertiary alicyclic amines) is 1. The zero-order valence-corrected chi connectivity index (χ0v) is 20.2. The Morgan fingerprint density at radius 2 is 2.18 bits per heavy atom. The Morgan fingerprint density at radius 1 is 1.36 bits per heavy atom. The number of aliphatic hydroxyl groups excluding tert-OH is 1. The van der Waals surface area contributed by atoms with Gasteiger partial charge in [0.1, 0.15) is 10.8 Å². The molecule has 2 aliphatic rings. The molecule has 8 heteroatoms. The molecule has 2 N–H and O–H groups in total. The molecule has 3 aromatic rings. The van der Waals surface area contributed by atoms with Gasteiger partial charge in [0.05, 0.1) is 26.3 Å². The molecule has 0 saturated carbocycles. The second kappa shape index (κ2) is 9.08. The number of aromatic nitrogens is 2. The molecule has 0 unspecified atom stereocenters. The second-order valence-electron chi connectivity index (χ2n) is 9.27. The summed E-state index contributed by atoms with van der Waals surface area (Å²) in [5.41, 5.74) is 3.38. The molecule has 0 radical (unpaired) electrons. The van der Waals surface area contributed by atoms with Gasteiger partial charge in [0.2, 0.25) is 5.91 Å². The summed E-state index contributed by atoms with van der Waals surface area (Å²) in [6, 6.07) is 6.08. The maximum absolute atomic E-state index is 12.6. The Kier molecular flexibility index (Phi) is 6.16. The molecule has 2 aromatic heterocycles. The monoisotopic (exact) mass is 468 g/mol. The minimum absolute atomic E-state index is 0.0412. The maximum Gasteiger partial charge on any atom is 0.222 e. The van der Waals surface area contributed by atoms with Gasteiger partial charge in [0.25, 0.3) is 0 Å². The van der Waals surface area contributed by atoms with Crippen LogP contribution in [0.15, 0.2) is 29.8 Å². The fourth-order valence-corrected chi connectivity index (χ4v) is 6.39. The molecule has 1 saturated heterocycles. The molecular formula is C25H32N4O3S. The van der Waals surface area contributed by atoms with E-state index in [-0.39, 0.29) is 24.0 Å². The van der Waals surface area contributed by atoms with Crippen molar-refractivity contribution in [2.45, 2.75) is 50.6 Å². The molecule has 5 rings (SSSR count). The lowest BCUT2D eigenvalue weighted by Gasteiger charge is -2.50. The topological polar surface area (TPSA) is 81.7 Å². The van der Waals surface area contributed by atoms with Gasteiger partial charge < -0.3 is 19.7 Å². The Hall–Kier alpha value is -2.42. The normalized spacial score (nSPS) is 20.3. The average molecular weight is 469 g/mol. The molecule has 2 aliphatic heterocycles. The van der Waals surface area contributed by atoms with Gasteiger partial charge in [-0.25, -0.2) is 4.98 Å². The number of amides is 1. The van der Waals surface area contributed by atoms with Crippen LogP contribution in [0.5, 0.6) is 5.75 Å². The number of thiazole rings is 1. The van der Waals surface area contributed by atoms with Crippen LogP contribution >= 0.6 is 11.3 Å². The van der Waals surface area contributed by atoms with Gasteiger partial charge in [-0.3, -0.25) is 9.69 Å². The summed E-state index contributed by atoms with van der Waals surface area (Å²) in [5.74, 6) is 1.08. The molecule has 1 fully saturated rings. The summed E-state index contributed by atoms with van der Waals surface area (Å²) >= 11 is 1.65. The Bertz CT molecular complexity index is 1120. The summed E-state index contributed by atoms with van der Waals surface area (Å²) < 4.78 is 5.47. The van der Waals surface area contributed by atoms with Gasteiger partial charge >= 0.3 is 0 Å². The van der Waals surface area contributed by atoms with Crippen molar-refractivity contribution >= 4 is 28.1 Å². The number of H-pyrrole nitrogens is 1. The number of aromatic amines is 1. The third kappa shape index (κ3) is 3.94. The fourth-order valence-electron chi connectivity index (χ4n) is 5.75. The summed E-state index contributed by atoms with van der Waals surface area (Å²) in [4.78, 5) is 25.1. The molecule has 4 heterocycles. The minimum atomic E-state index is -0.118. The number of hydrogen-bond acceptors (Lipinski definition) is 6. The van der Waals surface area contributed by atoms with E-state index in [0.717, 1.165) is 60.9 Å². The van der Waals surface area contributed by atoms with E-state index in [1.807, 2.05) is 28.6 Å². The predicted molar refractivity (Wildman–Crippen MR) is 130 cm³/mol. The number of piperidine rings is 1. The van der Waals surface area contributed by atoms with Crippen LogP contribution in [-0.2, 0) is 16.8 Å². The molecule has 7 nitrogen and oxygen atoms in total. The second-order valence-corrected chi connectivity index (χ2v) is 10.2. The van der Waals surface area contributed by atoms with Crippen LogP contribution in [0.3, 0.4) is 0 Å². The SMILES string of the molecule is CCCC(=O)N1CCC2(CC1)CN(Cc1nccs1)[C@@H](CO)c1[nH]c3cc(OC)ccc3c12. The standard InChI is InChI=1S/C25H32N4O3S/c1-3-4-22(31)28-10-7-25(8-11-28)16-29(14-21-26-9-12-33-21)20(15-30)24-23(25)18-6-5-17(32-2)13-19(18)27-24/h5-6,9,12-13,20,27,30H,3-4,7-8,10-11,14-16H2,1-2H3/t20-/m0/s1. The van der Waals surface area contributed by atoms with Crippen LogP contribution < -0.4 is 4.74 Å². The van der Waals surface area contributed by atoms with Gasteiger partial charge in [-0.05, 0) is 37.0 Å². The summed E-state index contributed by atoms with van der Waals surface area (Å²) in [6.07, 6.45) is 5.18. The molecule has 1 spiro atoms. The smallest absolute Gasteiger partial charge is 0.222 e. The highest BCUT2D eigenvalue weighted by molar-refractivity contribution is 7.09. The highest BCUT2D eigenvalue weighted by atomic mass is 32.1. The Morgan fingerprint density at radius 3 is 2.85 bits per heavy atom. The van der Waals surface area contributed by atoms with E-state index >= 15 is 0 Å². The van der Waals surface area contributed by atoms with E-state index in [4.69, 9.17) is 4.74 Å². The molecule has 1 aromatic carbocycles. The third-order valence-electron chi connectivity index (χ3n) is 7.38. The van der Waals surface area contributed by atoms with Crippen molar-refractivity contribution < 1.29 is 14.6 Å². The fraction of sp³-hybridized carbons (Fsp3) is 0.520. The van der Waals surface area contributed by atoms with Crippen LogP contribution in [0.1, 0.15) is 54.9 Å². The lowest BCUT2D eigenvalue weighted by Crippen LogP contribution is -2.54. The number of ether oxygens (including phenoxy) is 1. The highest BCUT2D eigenvalue weighted by Crippen LogP contribution is 2.49.